The van der Waals surface area contributed by atoms with Gasteiger partial charge in [-0.25, -0.2) is 4.79 Å². The molecule has 0 fully saturated rings. The molecule has 15 nitrogen and oxygen atoms in total. The van der Waals surface area contributed by atoms with Gasteiger partial charge in [0.1, 0.15) is 18.1 Å². The minimum Gasteiger partial charge on any atom is -0.481 e. The van der Waals surface area contributed by atoms with Gasteiger partial charge in [-0.3, -0.25) is 28.8 Å². The number of hydrogen-bond acceptors (Lipinski definition) is 8. The zero-order valence-electron chi connectivity index (χ0n) is 17.5. The number of carbonyl (C=O) groups is 7. The van der Waals surface area contributed by atoms with Gasteiger partial charge < -0.3 is 43.4 Å². The van der Waals surface area contributed by atoms with Crippen LogP contribution in [0, 0.1) is 5.92 Å². The number of primary amides is 2. The van der Waals surface area contributed by atoms with Gasteiger partial charge in [-0.1, -0.05) is 13.8 Å². The number of carbonyl (C=O) groups excluding carboxylic acids is 5. The number of amides is 5. The van der Waals surface area contributed by atoms with Crippen LogP contribution < -0.4 is 33.2 Å². The van der Waals surface area contributed by atoms with Crippen LogP contribution in [0.1, 0.15) is 33.1 Å². The number of hydrogen-bond donors (Lipinski definition) is 8. The van der Waals surface area contributed by atoms with E-state index in [-0.39, 0.29) is 0 Å². The molecule has 0 aliphatic rings. The Balaban J connectivity index is 5.49. The first kappa shape index (κ1) is 28.2. The van der Waals surface area contributed by atoms with E-state index < -0.39 is 90.8 Å². The summed E-state index contributed by atoms with van der Waals surface area (Å²) in [5.74, 6) is -8.60. The first-order chi connectivity index (χ1) is 14.6. The van der Waals surface area contributed by atoms with Gasteiger partial charge in [0.05, 0.1) is 25.3 Å². The lowest BCUT2D eigenvalue weighted by molar-refractivity contribution is -0.145. The zero-order chi connectivity index (χ0) is 25.2. The van der Waals surface area contributed by atoms with Crippen LogP contribution in [0.25, 0.3) is 0 Å². The van der Waals surface area contributed by atoms with Crippen molar-refractivity contribution in [1.29, 1.82) is 0 Å². The van der Waals surface area contributed by atoms with Crippen molar-refractivity contribution in [3.8, 4) is 0 Å². The topological polar surface area (TPSA) is 274 Å². The fourth-order valence-electron chi connectivity index (χ4n) is 2.42. The molecule has 11 N–H and O–H groups in total. The van der Waals surface area contributed by atoms with Crippen LogP contribution in [0.3, 0.4) is 0 Å². The number of carboxylic acid groups (broad SMARTS) is 2. The number of carboxylic acids is 2. The Morgan fingerprint density at radius 2 is 1.22 bits per heavy atom. The number of nitrogens with one attached hydrogen (secondary N) is 3. The normalized spacial score (nSPS) is 14.4. The van der Waals surface area contributed by atoms with Gasteiger partial charge in [0.25, 0.3) is 0 Å². The van der Waals surface area contributed by atoms with Crippen molar-refractivity contribution in [3.63, 3.8) is 0 Å². The largest absolute Gasteiger partial charge is 0.481 e. The lowest BCUT2D eigenvalue weighted by Gasteiger charge is -2.26. The van der Waals surface area contributed by atoms with Gasteiger partial charge in [-0.15, -0.1) is 0 Å². The van der Waals surface area contributed by atoms with E-state index in [2.05, 4.69) is 10.6 Å². The van der Waals surface area contributed by atoms with E-state index in [0.717, 1.165) is 0 Å². The van der Waals surface area contributed by atoms with E-state index >= 15 is 0 Å². The van der Waals surface area contributed by atoms with Crippen LogP contribution in [-0.2, 0) is 33.6 Å². The van der Waals surface area contributed by atoms with E-state index in [0.29, 0.717) is 0 Å². The third-order valence-corrected chi connectivity index (χ3v) is 4.04. The monoisotopic (exact) mass is 460 g/mol. The van der Waals surface area contributed by atoms with Gasteiger partial charge in [-0.2, -0.15) is 0 Å². The standard InChI is InChI=1S/C17H28N6O9/c1-6(2)13(23-14(28)7(18)3-10(19)24)16(30)21-8(5-12(26)27)15(29)22-9(17(31)32)4-11(20)25/h6-9,13H,3-5,18H2,1-2H3,(H2,19,24)(H2,20,25)(H,21,30)(H,22,29)(H,23,28)(H,26,27)(H,31,32). The highest BCUT2D eigenvalue weighted by Crippen LogP contribution is 2.05. The van der Waals surface area contributed by atoms with Gasteiger partial charge in [0.2, 0.25) is 29.5 Å². The fourth-order valence-corrected chi connectivity index (χ4v) is 2.42. The highest BCUT2D eigenvalue weighted by Gasteiger charge is 2.33. The van der Waals surface area contributed by atoms with Crippen molar-refractivity contribution < 1.29 is 43.8 Å². The summed E-state index contributed by atoms with van der Waals surface area (Å²) in [6, 6.07) is -6.12. The summed E-state index contributed by atoms with van der Waals surface area (Å²) < 4.78 is 0. The molecular formula is C17H28N6O9. The lowest BCUT2D eigenvalue weighted by atomic mass is 10.0. The summed E-state index contributed by atoms with van der Waals surface area (Å²) in [4.78, 5) is 81.3. The third-order valence-electron chi connectivity index (χ3n) is 4.04. The maximum atomic E-state index is 12.6. The molecule has 0 aromatic heterocycles. The van der Waals surface area contributed by atoms with Gasteiger partial charge in [-0.05, 0) is 5.92 Å². The number of rotatable bonds is 14. The molecule has 4 atom stereocenters. The Morgan fingerprint density at radius 1 is 0.719 bits per heavy atom. The summed E-state index contributed by atoms with van der Waals surface area (Å²) in [7, 11) is 0. The molecule has 0 aliphatic carbocycles. The molecule has 0 spiro atoms. The van der Waals surface area contributed by atoms with Crippen LogP contribution in [0.4, 0.5) is 0 Å². The van der Waals surface area contributed by atoms with E-state index in [1.807, 2.05) is 5.32 Å². The van der Waals surface area contributed by atoms with Gasteiger partial charge in [0, 0.05) is 0 Å². The van der Waals surface area contributed by atoms with Crippen LogP contribution in [-0.4, -0.2) is 75.9 Å². The molecule has 0 rings (SSSR count). The number of aliphatic carboxylic acids is 2. The Kier molecular flexibility index (Phi) is 11.3. The Morgan fingerprint density at radius 3 is 1.62 bits per heavy atom. The van der Waals surface area contributed by atoms with Crippen molar-refractivity contribution in [2.45, 2.75) is 57.3 Å². The van der Waals surface area contributed by atoms with Crippen molar-refractivity contribution in [2.75, 3.05) is 0 Å². The molecule has 4 unspecified atom stereocenters. The van der Waals surface area contributed by atoms with E-state index in [1.54, 1.807) is 0 Å². The van der Waals surface area contributed by atoms with Gasteiger partial charge in [0.15, 0.2) is 0 Å². The molecule has 0 aliphatic heterocycles. The van der Waals surface area contributed by atoms with Crippen LogP contribution in [0.5, 0.6) is 0 Å². The second-order valence-corrected chi connectivity index (χ2v) is 7.24. The van der Waals surface area contributed by atoms with Gasteiger partial charge >= 0.3 is 11.9 Å². The second-order valence-electron chi connectivity index (χ2n) is 7.24. The summed E-state index contributed by atoms with van der Waals surface area (Å²) in [5.41, 5.74) is 15.4. The van der Waals surface area contributed by atoms with E-state index in [9.17, 15) is 33.6 Å². The molecule has 0 saturated carbocycles. The molecular weight excluding hydrogens is 432 g/mol. The van der Waals surface area contributed by atoms with Crippen molar-refractivity contribution in [2.24, 2.45) is 23.1 Å². The minimum absolute atomic E-state index is 0.487. The fraction of sp³-hybridized carbons (Fsp3) is 0.588. The average Bonchev–Trinajstić information content (AvgIpc) is 2.62. The van der Waals surface area contributed by atoms with Crippen LogP contribution in [0.15, 0.2) is 0 Å². The molecule has 0 heterocycles. The summed E-state index contributed by atoms with van der Waals surface area (Å²) in [6.45, 7) is 3.06. The lowest BCUT2D eigenvalue weighted by Crippen LogP contribution is -2.59. The Labute approximate surface area is 182 Å². The van der Waals surface area contributed by atoms with Crippen LogP contribution >= 0.6 is 0 Å². The molecule has 0 saturated heterocycles. The maximum absolute atomic E-state index is 12.6. The van der Waals surface area contributed by atoms with Crippen LogP contribution in [0.2, 0.25) is 0 Å². The molecule has 0 bridgehead atoms. The highest BCUT2D eigenvalue weighted by atomic mass is 16.4. The van der Waals surface area contributed by atoms with Crippen molar-refractivity contribution in [3.05, 3.63) is 0 Å². The molecule has 180 valence electrons. The van der Waals surface area contributed by atoms with E-state index in [4.69, 9.17) is 27.4 Å². The summed E-state index contributed by atoms with van der Waals surface area (Å²) in [5, 5.41) is 24.4. The predicted octanol–water partition coefficient (Wildman–Crippen LogP) is -4.27. The zero-order valence-corrected chi connectivity index (χ0v) is 17.5. The first-order valence-corrected chi connectivity index (χ1v) is 9.33. The highest BCUT2D eigenvalue weighted by molar-refractivity contribution is 5.96. The summed E-state index contributed by atoms with van der Waals surface area (Å²) >= 11 is 0. The molecule has 15 heteroatoms. The molecule has 5 amide bonds. The Bertz CT molecular complexity index is 770. The molecule has 0 aromatic carbocycles. The molecule has 0 aromatic rings. The second kappa shape index (κ2) is 12.8. The summed E-state index contributed by atoms with van der Waals surface area (Å²) in [6.07, 6.45) is -2.18. The smallest absolute Gasteiger partial charge is 0.326 e. The van der Waals surface area contributed by atoms with E-state index in [1.165, 1.54) is 13.8 Å². The first-order valence-electron chi connectivity index (χ1n) is 9.33. The quantitative estimate of drug-likeness (QED) is 0.123. The maximum Gasteiger partial charge on any atom is 0.326 e. The number of nitrogens with two attached hydrogens (primary N) is 3. The van der Waals surface area contributed by atoms with Crippen molar-refractivity contribution >= 4 is 41.5 Å². The Hall–Kier alpha value is -3.75. The molecule has 32 heavy (non-hydrogen) atoms. The van der Waals surface area contributed by atoms with Crippen molar-refractivity contribution in [1.82, 2.24) is 16.0 Å². The minimum atomic E-state index is -1.75. The predicted molar refractivity (Wildman–Crippen MR) is 106 cm³/mol. The average molecular weight is 460 g/mol. The molecule has 0 radical (unpaired) electrons. The third kappa shape index (κ3) is 10.3. The SMILES string of the molecule is CC(C)C(NC(=O)C(N)CC(N)=O)C(=O)NC(CC(=O)O)C(=O)NC(CC(N)=O)C(=O)O.